The number of rotatable bonds is 8. The van der Waals surface area contributed by atoms with Gasteiger partial charge in [-0.25, -0.2) is 0 Å². The Morgan fingerprint density at radius 1 is 1.09 bits per heavy atom. The molecule has 2 aromatic carbocycles. The van der Waals surface area contributed by atoms with Crippen molar-refractivity contribution < 1.29 is 19.0 Å². The Morgan fingerprint density at radius 3 is 2.55 bits per heavy atom. The lowest BCUT2D eigenvalue weighted by atomic mass is 10.2. The Morgan fingerprint density at radius 2 is 1.85 bits per heavy atom. The molecule has 174 valence electrons. The van der Waals surface area contributed by atoms with E-state index in [-0.39, 0.29) is 5.91 Å². The largest absolute Gasteiger partial charge is 0.497 e. The maximum absolute atomic E-state index is 13.0. The summed E-state index contributed by atoms with van der Waals surface area (Å²) in [5.74, 6) is 1.75. The van der Waals surface area contributed by atoms with Crippen molar-refractivity contribution in [3.8, 4) is 17.2 Å². The SMILES string of the molecule is COc1ccc(OC)c(NC(=O)C(C)Sc2nnc(N3CCOCC3)n2-c2ccccc2)c1. The molecule has 0 spiro atoms. The van der Waals surface area contributed by atoms with Gasteiger partial charge in [0.2, 0.25) is 11.9 Å². The number of nitrogens with one attached hydrogen (secondary N) is 1. The first-order valence-corrected chi connectivity index (χ1v) is 11.5. The van der Waals surface area contributed by atoms with Gasteiger partial charge in [0, 0.05) is 19.2 Å². The zero-order valence-corrected chi connectivity index (χ0v) is 19.7. The molecular formula is C23H27N5O4S. The van der Waals surface area contributed by atoms with Crippen LogP contribution in [0.3, 0.4) is 0 Å². The van der Waals surface area contributed by atoms with Gasteiger partial charge in [-0.1, -0.05) is 30.0 Å². The molecule has 1 N–H and O–H groups in total. The summed E-state index contributed by atoms with van der Waals surface area (Å²) in [5, 5.41) is 12.0. The zero-order chi connectivity index (χ0) is 23.2. The number of nitrogens with zero attached hydrogens (tertiary/aromatic N) is 4. The third kappa shape index (κ3) is 5.23. The first kappa shape index (κ1) is 22.9. The Labute approximate surface area is 197 Å². The van der Waals surface area contributed by atoms with Crippen molar-refractivity contribution in [1.82, 2.24) is 14.8 Å². The molecule has 1 amide bonds. The van der Waals surface area contributed by atoms with E-state index in [1.807, 2.05) is 41.8 Å². The third-order valence-electron chi connectivity index (χ3n) is 5.24. The predicted octanol–water partition coefficient (Wildman–Crippen LogP) is 3.24. The minimum atomic E-state index is -0.440. The molecule has 1 fully saturated rings. The smallest absolute Gasteiger partial charge is 0.237 e. The van der Waals surface area contributed by atoms with Crippen LogP contribution >= 0.6 is 11.8 Å². The molecule has 3 aromatic rings. The van der Waals surface area contributed by atoms with E-state index >= 15 is 0 Å². The highest BCUT2D eigenvalue weighted by Crippen LogP contribution is 2.32. The van der Waals surface area contributed by atoms with Gasteiger partial charge < -0.3 is 24.4 Å². The summed E-state index contributed by atoms with van der Waals surface area (Å²) in [6, 6.07) is 15.2. The number of thioether (sulfide) groups is 1. The van der Waals surface area contributed by atoms with Crippen LogP contribution in [0.5, 0.6) is 11.5 Å². The average molecular weight is 470 g/mol. The normalized spacial score (nSPS) is 14.6. The highest BCUT2D eigenvalue weighted by molar-refractivity contribution is 8.00. The van der Waals surface area contributed by atoms with Gasteiger partial charge in [0.1, 0.15) is 11.5 Å². The van der Waals surface area contributed by atoms with Gasteiger partial charge in [0.25, 0.3) is 0 Å². The van der Waals surface area contributed by atoms with Crippen LogP contribution in [0, 0.1) is 0 Å². The number of ether oxygens (including phenoxy) is 3. The number of hydrogen-bond donors (Lipinski definition) is 1. The summed E-state index contributed by atoms with van der Waals surface area (Å²) < 4.78 is 18.1. The lowest BCUT2D eigenvalue weighted by molar-refractivity contribution is -0.115. The van der Waals surface area contributed by atoms with Crippen LogP contribution in [0.4, 0.5) is 11.6 Å². The lowest BCUT2D eigenvalue weighted by Crippen LogP contribution is -2.37. The van der Waals surface area contributed by atoms with Crippen molar-refractivity contribution in [2.24, 2.45) is 0 Å². The minimum Gasteiger partial charge on any atom is -0.497 e. The number of hydrogen-bond acceptors (Lipinski definition) is 8. The second kappa shape index (κ2) is 10.6. The molecule has 0 bridgehead atoms. The van der Waals surface area contributed by atoms with E-state index in [0.717, 1.165) is 24.7 Å². The standard InChI is InChI=1S/C23H27N5O4S/c1-16(21(29)24-19-15-18(30-2)9-10-20(19)31-3)33-23-26-25-22(27-11-13-32-14-12-27)28(23)17-7-5-4-6-8-17/h4-10,15-16H,11-14H2,1-3H3,(H,24,29). The second-order valence-electron chi connectivity index (χ2n) is 7.37. The number of benzene rings is 2. The summed E-state index contributed by atoms with van der Waals surface area (Å²) in [7, 11) is 3.14. The molecule has 1 aromatic heterocycles. The van der Waals surface area contributed by atoms with Crippen molar-refractivity contribution in [3.63, 3.8) is 0 Å². The molecule has 1 unspecified atom stereocenters. The number of morpholine rings is 1. The fourth-order valence-corrected chi connectivity index (χ4v) is 4.33. The first-order valence-electron chi connectivity index (χ1n) is 10.6. The molecule has 1 aliphatic heterocycles. The highest BCUT2D eigenvalue weighted by Gasteiger charge is 2.25. The Kier molecular flexibility index (Phi) is 7.36. The fraction of sp³-hybridized carbons (Fsp3) is 0.348. The van der Waals surface area contributed by atoms with Crippen LogP contribution in [-0.4, -0.2) is 66.4 Å². The maximum Gasteiger partial charge on any atom is 0.237 e. The molecule has 0 radical (unpaired) electrons. The van der Waals surface area contributed by atoms with Gasteiger partial charge in [0.05, 0.1) is 44.1 Å². The van der Waals surface area contributed by atoms with E-state index in [4.69, 9.17) is 14.2 Å². The van der Waals surface area contributed by atoms with E-state index < -0.39 is 5.25 Å². The monoisotopic (exact) mass is 469 g/mol. The lowest BCUT2D eigenvalue weighted by Gasteiger charge is -2.28. The van der Waals surface area contributed by atoms with Crippen molar-refractivity contribution in [2.45, 2.75) is 17.3 Å². The van der Waals surface area contributed by atoms with Crippen LogP contribution < -0.4 is 19.7 Å². The van der Waals surface area contributed by atoms with E-state index in [9.17, 15) is 4.79 Å². The Hall–Kier alpha value is -3.24. The Bertz CT molecular complexity index is 1090. The van der Waals surface area contributed by atoms with Crippen molar-refractivity contribution >= 4 is 29.3 Å². The summed E-state index contributed by atoms with van der Waals surface area (Å²) in [5.41, 5.74) is 1.49. The number of methoxy groups -OCH3 is 2. The topological polar surface area (TPSA) is 90.7 Å². The van der Waals surface area contributed by atoms with Crippen molar-refractivity contribution in [3.05, 3.63) is 48.5 Å². The summed E-state index contributed by atoms with van der Waals surface area (Å²) in [4.78, 5) is 15.2. The molecule has 2 heterocycles. The molecule has 0 aliphatic carbocycles. The molecule has 1 aliphatic rings. The van der Waals surface area contributed by atoms with Crippen LogP contribution in [0.1, 0.15) is 6.92 Å². The molecule has 1 saturated heterocycles. The predicted molar refractivity (Wildman–Crippen MR) is 128 cm³/mol. The van der Waals surface area contributed by atoms with Gasteiger partial charge in [-0.2, -0.15) is 0 Å². The van der Waals surface area contributed by atoms with Crippen molar-refractivity contribution in [1.29, 1.82) is 0 Å². The van der Waals surface area contributed by atoms with E-state index in [0.29, 0.717) is 35.6 Å². The third-order valence-corrected chi connectivity index (χ3v) is 6.28. The zero-order valence-electron chi connectivity index (χ0n) is 18.9. The average Bonchev–Trinajstić information content (AvgIpc) is 3.28. The molecule has 10 heteroatoms. The first-order chi connectivity index (χ1) is 16.1. The quantitative estimate of drug-likeness (QED) is 0.503. The number of aromatic nitrogens is 3. The number of anilines is 2. The van der Waals surface area contributed by atoms with Gasteiger partial charge in [-0.15, -0.1) is 10.2 Å². The van der Waals surface area contributed by atoms with Crippen LogP contribution in [0.15, 0.2) is 53.7 Å². The number of amides is 1. The summed E-state index contributed by atoms with van der Waals surface area (Å²) in [6.07, 6.45) is 0. The Balaban J connectivity index is 1.57. The number of para-hydroxylation sites is 1. The number of carbonyl (C=O) groups excluding carboxylic acids is 1. The molecular weight excluding hydrogens is 442 g/mol. The molecule has 0 saturated carbocycles. The fourth-order valence-electron chi connectivity index (χ4n) is 3.47. The summed E-state index contributed by atoms with van der Waals surface area (Å²) >= 11 is 1.35. The number of carbonyl (C=O) groups is 1. The minimum absolute atomic E-state index is 0.179. The van der Waals surface area contributed by atoms with E-state index in [2.05, 4.69) is 20.4 Å². The van der Waals surface area contributed by atoms with E-state index in [1.54, 1.807) is 32.4 Å². The van der Waals surface area contributed by atoms with Gasteiger partial charge in [0.15, 0.2) is 5.16 Å². The van der Waals surface area contributed by atoms with Crippen molar-refractivity contribution in [2.75, 3.05) is 50.7 Å². The summed E-state index contributed by atoms with van der Waals surface area (Å²) in [6.45, 7) is 4.60. The van der Waals surface area contributed by atoms with Gasteiger partial charge in [-0.05, 0) is 31.2 Å². The van der Waals surface area contributed by atoms with Crippen LogP contribution in [0.25, 0.3) is 5.69 Å². The van der Waals surface area contributed by atoms with Crippen LogP contribution in [-0.2, 0) is 9.53 Å². The van der Waals surface area contributed by atoms with E-state index in [1.165, 1.54) is 11.8 Å². The molecule has 4 rings (SSSR count). The molecule has 9 nitrogen and oxygen atoms in total. The maximum atomic E-state index is 13.0. The molecule has 1 atom stereocenters. The van der Waals surface area contributed by atoms with Gasteiger partial charge >= 0.3 is 0 Å². The second-order valence-corrected chi connectivity index (χ2v) is 8.68. The highest BCUT2D eigenvalue weighted by atomic mass is 32.2. The van der Waals surface area contributed by atoms with Crippen LogP contribution in [0.2, 0.25) is 0 Å². The molecule has 33 heavy (non-hydrogen) atoms. The van der Waals surface area contributed by atoms with Gasteiger partial charge in [-0.3, -0.25) is 9.36 Å².